The molecule has 0 aromatic heterocycles. The maximum atomic E-state index is 2.37. The number of rotatable bonds is 19. The van der Waals surface area contributed by atoms with Crippen LogP contribution in [-0.4, -0.2) is 29.6 Å². The summed E-state index contributed by atoms with van der Waals surface area (Å²) in [4.78, 5) is 0. The van der Waals surface area contributed by atoms with Gasteiger partial charge in [-0.25, -0.2) is 0 Å². The summed E-state index contributed by atoms with van der Waals surface area (Å²) in [6.07, 6.45) is 20.2. The fourth-order valence-corrected chi connectivity index (χ4v) is 4.45. The molecule has 1 aromatic rings. The Kier molecular flexibility index (Phi) is 18.6. The molecule has 0 saturated carbocycles. The van der Waals surface area contributed by atoms with Gasteiger partial charge in [0, 0.05) is 5.56 Å². The first-order valence-corrected chi connectivity index (χ1v) is 12.7. The number of hydrogen-bond acceptors (Lipinski definition) is 1. The molecular weight excluding hydrogens is 354 g/mol. The van der Waals surface area contributed by atoms with Gasteiger partial charge in [0.15, 0.2) is 0 Å². The molecule has 0 aliphatic rings. The van der Waals surface area contributed by atoms with Gasteiger partial charge in [-0.15, -0.1) is 0 Å². The highest BCUT2D eigenvalue weighted by molar-refractivity contribution is 5.13. The molecule has 0 aliphatic heterocycles. The minimum Gasteiger partial charge on any atom is -0.870 e. The van der Waals surface area contributed by atoms with E-state index in [1.807, 2.05) is 0 Å². The summed E-state index contributed by atoms with van der Waals surface area (Å²) in [5, 5.41) is 0. The summed E-state index contributed by atoms with van der Waals surface area (Å²) < 4.78 is 1.25. The van der Waals surface area contributed by atoms with Crippen LogP contribution in [0, 0.1) is 0 Å². The smallest absolute Gasteiger partial charge is 0.104 e. The molecule has 0 radical (unpaired) electrons. The van der Waals surface area contributed by atoms with Crippen LogP contribution in [0.1, 0.15) is 116 Å². The van der Waals surface area contributed by atoms with Crippen molar-refractivity contribution in [1.29, 1.82) is 0 Å². The van der Waals surface area contributed by atoms with E-state index in [-0.39, 0.29) is 5.48 Å². The zero-order valence-corrected chi connectivity index (χ0v) is 20.0. The van der Waals surface area contributed by atoms with Gasteiger partial charge in [-0.2, -0.15) is 0 Å². The minimum absolute atomic E-state index is 0. The van der Waals surface area contributed by atoms with Crippen molar-refractivity contribution in [2.45, 2.75) is 117 Å². The number of quaternary nitrogens is 1. The van der Waals surface area contributed by atoms with Gasteiger partial charge < -0.3 is 9.96 Å². The second-order valence-corrected chi connectivity index (χ2v) is 8.94. The minimum atomic E-state index is 0. The van der Waals surface area contributed by atoms with Crippen LogP contribution in [0.15, 0.2) is 30.3 Å². The standard InChI is InChI=1S/C27H50N.H2O/c1-4-7-8-9-10-11-12-13-14-15-16-17-18-22-25-28(5-2,6-3)26-27-23-20-19-21-24-27;/h19-21,23-24H,4-18,22,25-26H2,1-3H3;1H2/q+1;/p-1. The zero-order valence-electron chi connectivity index (χ0n) is 20.0. The highest BCUT2D eigenvalue weighted by Gasteiger charge is 2.22. The Morgan fingerprint density at radius 3 is 1.38 bits per heavy atom. The molecule has 0 amide bonds. The second-order valence-electron chi connectivity index (χ2n) is 8.94. The Balaban J connectivity index is 0.00000784. The van der Waals surface area contributed by atoms with Gasteiger partial charge >= 0.3 is 0 Å². The van der Waals surface area contributed by atoms with E-state index in [0.29, 0.717) is 0 Å². The Morgan fingerprint density at radius 2 is 0.966 bits per heavy atom. The zero-order chi connectivity index (χ0) is 20.3. The van der Waals surface area contributed by atoms with Crippen molar-refractivity contribution >= 4 is 0 Å². The summed E-state index contributed by atoms with van der Waals surface area (Å²) in [5.74, 6) is 0. The SMILES string of the molecule is CCCCCCCCCCCCCCCC[N+](CC)(CC)Cc1ccccc1.[OH-]. The normalized spacial score (nSPS) is 11.4. The summed E-state index contributed by atoms with van der Waals surface area (Å²) in [6, 6.07) is 11.1. The predicted molar refractivity (Wildman–Crippen MR) is 129 cm³/mol. The number of hydrogen-bond donors (Lipinski definition) is 0. The highest BCUT2D eigenvalue weighted by atomic mass is 16.0. The number of nitrogens with zero attached hydrogens (tertiary/aromatic N) is 1. The van der Waals surface area contributed by atoms with Gasteiger partial charge in [0.25, 0.3) is 0 Å². The fraction of sp³-hybridized carbons (Fsp3) is 0.778. The molecule has 0 atom stereocenters. The quantitative estimate of drug-likeness (QED) is 0.168. The maximum absolute atomic E-state index is 2.37. The van der Waals surface area contributed by atoms with E-state index in [0.717, 1.165) is 0 Å². The predicted octanol–water partition coefficient (Wildman–Crippen LogP) is 8.35. The third kappa shape index (κ3) is 13.9. The molecule has 1 rings (SSSR count). The Bertz CT molecular complexity index is 441. The topological polar surface area (TPSA) is 30.0 Å². The van der Waals surface area contributed by atoms with E-state index in [9.17, 15) is 0 Å². The molecule has 1 N–H and O–H groups in total. The monoisotopic (exact) mass is 405 g/mol. The van der Waals surface area contributed by atoms with E-state index in [4.69, 9.17) is 0 Å². The van der Waals surface area contributed by atoms with E-state index in [2.05, 4.69) is 51.1 Å². The molecule has 0 spiro atoms. The summed E-state index contributed by atoms with van der Waals surface area (Å²) >= 11 is 0. The molecule has 0 fully saturated rings. The van der Waals surface area contributed by atoms with Crippen LogP contribution in [0.5, 0.6) is 0 Å². The average molecular weight is 406 g/mol. The Morgan fingerprint density at radius 1 is 0.552 bits per heavy atom. The number of unbranched alkanes of at least 4 members (excludes halogenated alkanes) is 13. The molecule has 2 nitrogen and oxygen atoms in total. The maximum Gasteiger partial charge on any atom is 0.104 e. The van der Waals surface area contributed by atoms with Crippen LogP contribution in [0.4, 0.5) is 0 Å². The highest BCUT2D eigenvalue weighted by Crippen LogP contribution is 2.18. The summed E-state index contributed by atoms with van der Waals surface area (Å²) in [7, 11) is 0. The van der Waals surface area contributed by atoms with Crippen molar-refractivity contribution in [3.05, 3.63) is 35.9 Å². The first-order chi connectivity index (χ1) is 13.8. The third-order valence-electron chi connectivity index (χ3n) is 6.69. The van der Waals surface area contributed by atoms with Gasteiger partial charge in [0.2, 0.25) is 0 Å². The number of benzene rings is 1. The first-order valence-electron chi connectivity index (χ1n) is 12.7. The summed E-state index contributed by atoms with van der Waals surface area (Å²) in [6.45, 7) is 12.1. The molecule has 2 heteroatoms. The van der Waals surface area contributed by atoms with Gasteiger partial charge in [-0.3, -0.25) is 0 Å². The molecule has 1 aromatic carbocycles. The molecule has 0 unspecified atom stereocenters. The van der Waals surface area contributed by atoms with Crippen LogP contribution in [0.25, 0.3) is 0 Å². The van der Waals surface area contributed by atoms with Gasteiger partial charge in [0.1, 0.15) is 6.54 Å². The van der Waals surface area contributed by atoms with E-state index in [1.165, 1.54) is 126 Å². The lowest BCUT2D eigenvalue weighted by Crippen LogP contribution is -2.47. The van der Waals surface area contributed by atoms with Crippen LogP contribution in [0.3, 0.4) is 0 Å². The van der Waals surface area contributed by atoms with Crippen LogP contribution >= 0.6 is 0 Å². The lowest BCUT2D eigenvalue weighted by Gasteiger charge is -2.37. The molecule has 29 heavy (non-hydrogen) atoms. The van der Waals surface area contributed by atoms with Gasteiger partial charge in [-0.05, 0) is 26.7 Å². The Labute approximate surface area is 183 Å². The van der Waals surface area contributed by atoms with Crippen molar-refractivity contribution in [3.63, 3.8) is 0 Å². The van der Waals surface area contributed by atoms with E-state index >= 15 is 0 Å². The molecular formula is C27H51NO. The summed E-state index contributed by atoms with van der Waals surface area (Å²) in [5.41, 5.74) is 1.50. The van der Waals surface area contributed by atoms with E-state index in [1.54, 1.807) is 0 Å². The van der Waals surface area contributed by atoms with Gasteiger partial charge in [-0.1, -0.05) is 114 Å². The van der Waals surface area contributed by atoms with Crippen molar-refractivity contribution < 1.29 is 9.96 Å². The lowest BCUT2D eigenvalue weighted by atomic mass is 10.0. The Hall–Kier alpha value is -0.860. The largest absolute Gasteiger partial charge is 0.870 e. The van der Waals surface area contributed by atoms with Crippen molar-refractivity contribution in [2.75, 3.05) is 19.6 Å². The van der Waals surface area contributed by atoms with Crippen LogP contribution in [0.2, 0.25) is 0 Å². The van der Waals surface area contributed by atoms with Crippen LogP contribution < -0.4 is 0 Å². The fourth-order valence-electron chi connectivity index (χ4n) is 4.45. The van der Waals surface area contributed by atoms with Crippen LogP contribution in [-0.2, 0) is 6.54 Å². The third-order valence-corrected chi connectivity index (χ3v) is 6.69. The second kappa shape index (κ2) is 19.1. The van der Waals surface area contributed by atoms with Crippen molar-refractivity contribution in [2.24, 2.45) is 0 Å². The van der Waals surface area contributed by atoms with Crippen molar-refractivity contribution in [3.8, 4) is 0 Å². The van der Waals surface area contributed by atoms with Gasteiger partial charge in [0.05, 0.1) is 19.6 Å². The molecule has 0 aliphatic carbocycles. The van der Waals surface area contributed by atoms with E-state index < -0.39 is 0 Å². The van der Waals surface area contributed by atoms with Crippen molar-refractivity contribution in [1.82, 2.24) is 0 Å². The molecule has 0 saturated heterocycles. The molecule has 170 valence electrons. The lowest BCUT2D eigenvalue weighted by molar-refractivity contribution is -0.938. The first kappa shape index (κ1) is 28.1. The average Bonchev–Trinajstić information content (AvgIpc) is 2.74. The molecule has 0 bridgehead atoms. The molecule has 0 heterocycles.